The first-order valence-corrected chi connectivity index (χ1v) is 13.1. The van der Waals surface area contributed by atoms with Gasteiger partial charge in [-0.2, -0.15) is 0 Å². The summed E-state index contributed by atoms with van der Waals surface area (Å²) in [6.07, 6.45) is 18.5. The van der Waals surface area contributed by atoms with Gasteiger partial charge in [-0.15, -0.1) is 47.0 Å². The minimum Gasteiger partial charge on any atom is -0.386 e. The summed E-state index contributed by atoms with van der Waals surface area (Å²) in [5.41, 5.74) is -0.568. The van der Waals surface area contributed by atoms with Crippen LogP contribution in [-0.2, 0) is 0 Å². The van der Waals surface area contributed by atoms with Gasteiger partial charge in [0.1, 0.15) is 5.60 Å². The second-order valence-corrected chi connectivity index (χ2v) is 9.84. The summed E-state index contributed by atoms with van der Waals surface area (Å²) < 4.78 is 0.532. The van der Waals surface area contributed by atoms with Gasteiger partial charge in [0.15, 0.2) is 0 Å². The van der Waals surface area contributed by atoms with E-state index in [0.29, 0.717) is 0 Å². The van der Waals surface area contributed by atoms with Crippen LogP contribution in [0.1, 0.15) is 58.3 Å². The lowest BCUT2D eigenvalue weighted by atomic mass is 9.98. The van der Waals surface area contributed by atoms with Crippen LogP contribution < -0.4 is 0 Å². The van der Waals surface area contributed by atoms with E-state index in [-0.39, 0.29) is 9.16 Å². The number of hydrogen-bond acceptors (Lipinski definition) is 5. The Bertz CT molecular complexity index is 218. The summed E-state index contributed by atoms with van der Waals surface area (Å²) in [7, 11) is 0. The third kappa shape index (κ3) is 8.14. The zero-order valence-electron chi connectivity index (χ0n) is 14.4. The molecule has 0 rings (SSSR count). The molecule has 0 bridgehead atoms. The first-order valence-electron chi connectivity index (χ1n) is 7.94. The van der Waals surface area contributed by atoms with Crippen LogP contribution >= 0.6 is 47.0 Å². The minimum absolute atomic E-state index is 0.266. The normalized spacial score (nSPS) is 12.6. The monoisotopic (exact) mass is 370 g/mol. The number of aliphatic hydroxyl groups is 1. The molecule has 0 aliphatic heterocycles. The van der Waals surface area contributed by atoms with E-state index in [1.165, 1.54) is 38.5 Å². The Labute approximate surface area is 150 Å². The first kappa shape index (κ1) is 22.4. The lowest BCUT2D eigenvalue weighted by Gasteiger charge is -2.39. The molecule has 1 N–H and O–H groups in total. The van der Waals surface area contributed by atoms with Gasteiger partial charge in [0.2, 0.25) is 0 Å². The lowest BCUT2D eigenvalue weighted by Crippen LogP contribution is -2.46. The van der Waals surface area contributed by atoms with Crippen molar-refractivity contribution in [2.75, 3.05) is 25.0 Å². The van der Waals surface area contributed by atoms with Crippen molar-refractivity contribution in [1.29, 1.82) is 0 Å². The fraction of sp³-hybridized carbons (Fsp3) is 1.00. The van der Waals surface area contributed by atoms with Crippen LogP contribution in [0.5, 0.6) is 0 Å². The Kier molecular flexibility index (Phi) is 14.7. The van der Waals surface area contributed by atoms with E-state index >= 15 is 0 Å². The van der Waals surface area contributed by atoms with Gasteiger partial charge >= 0.3 is 0 Å². The van der Waals surface area contributed by atoms with Crippen molar-refractivity contribution in [1.82, 2.24) is 0 Å². The molecular formula is C16H34OS4. The lowest BCUT2D eigenvalue weighted by molar-refractivity contribution is 0.0628. The van der Waals surface area contributed by atoms with Gasteiger partial charge in [0, 0.05) is 0 Å². The van der Waals surface area contributed by atoms with E-state index in [0.717, 1.165) is 12.8 Å². The van der Waals surface area contributed by atoms with Crippen LogP contribution in [0.15, 0.2) is 0 Å². The smallest absolute Gasteiger partial charge is 0.106 e. The van der Waals surface area contributed by atoms with Crippen LogP contribution in [0.25, 0.3) is 0 Å². The molecule has 0 saturated carbocycles. The van der Waals surface area contributed by atoms with Crippen molar-refractivity contribution < 1.29 is 5.11 Å². The Morgan fingerprint density at radius 2 is 1.10 bits per heavy atom. The summed E-state index contributed by atoms with van der Waals surface area (Å²) in [5, 5.41) is 11.3. The Balaban J connectivity index is 4.35. The van der Waals surface area contributed by atoms with Crippen molar-refractivity contribution in [3.63, 3.8) is 0 Å². The summed E-state index contributed by atoms with van der Waals surface area (Å²) >= 11 is 7.19. The van der Waals surface area contributed by atoms with Crippen molar-refractivity contribution in [3.8, 4) is 0 Å². The molecule has 0 spiro atoms. The van der Waals surface area contributed by atoms with Gasteiger partial charge in [-0.25, -0.2) is 0 Å². The molecule has 5 heteroatoms. The summed E-state index contributed by atoms with van der Waals surface area (Å²) in [6, 6.07) is 0. The maximum absolute atomic E-state index is 11.3. The van der Waals surface area contributed by atoms with Gasteiger partial charge < -0.3 is 5.11 Å². The maximum Gasteiger partial charge on any atom is 0.106 e. The fourth-order valence-corrected chi connectivity index (χ4v) is 7.25. The van der Waals surface area contributed by atoms with Gasteiger partial charge in [-0.1, -0.05) is 51.9 Å². The third-order valence-electron chi connectivity index (χ3n) is 3.85. The number of rotatable bonds is 14. The van der Waals surface area contributed by atoms with E-state index in [9.17, 15) is 5.11 Å². The molecular weight excluding hydrogens is 336 g/mol. The Hall–Kier alpha value is 1.36. The predicted molar refractivity (Wildman–Crippen MR) is 109 cm³/mol. The quantitative estimate of drug-likeness (QED) is 0.299. The van der Waals surface area contributed by atoms with Crippen LogP contribution in [0.3, 0.4) is 0 Å². The molecule has 1 nitrogen and oxygen atoms in total. The molecule has 0 radical (unpaired) electrons. The van der Waals surface area contributed by atoms with E-state index in [1.54, 1.807) is 47.0 Å². The summed E-state index contributed by atoms with van der Waals surface area (Å²) in [4.78, 5) is 0. The molecule has 0 aromatic heterocycles. The Morgan fingerprint density at radius 3 is 1.48 bits per heavy atom. The number of hydrogen-bond donors (Lipinski definition) is 1. The second-order valence-electron chi connectivity index (χ2n) is 5.47. The standard InChI is InChI=1S/C16H34OS4/c1-6-7-8-9-10-11-12-13-16(17,14(18-2)19-3)15(20-4)21-5/h14-15,17H,6-13H2,1-5H3. The molecule has 0 aliphatic rings. The molecule has 21 heavy (non-hydrogen) atoms. The van der Waals surface area contributed by atoms with Crippen LogP contribution in [0.4, 0.5) is 0 Å². The topological polar surface area (TPSA) is 20.2 Å². The highest BCUT2D eigenvalue weighted by atomic mass is 32.2. The van der Waals surface area contributed by atoms with E-state index in [4.69, 9.17) is 0 Å². The molecule has 0 aliphatic carbocycles. The molecule has 0 atom stereocenters. The summed E-state index contributed by atoms with van der Waals surface area (Å²) in [6.45, 7) is 2.26. The first-order chi connectivity index (χ1) is 10.1. The molecule has 128 valence electrons. The van der Waals surface area contributed by atoms with E-state index in [2.05, 4.69) is 31.9 Å². The molecule has 0 saturated heterocycles. The molecule has 0 fully saturated rings. The maximum atomic E-state index is 11.3. The highest BCUT2D eigenvalue weighted by Crippen LogP contribution is 2.43. The van der Waals surface area contributed by atoms with Gasteiger partial charge in [-0.05, 0) is 31.4 Å². The predicted octanol–water partition coefficient (Wildman–Crippen LogP) is 5.96. The average molecular weight is 371 g/mol. The molecule has 0 amide bonds. The van der Waals surface area contributed by atoms with Crippen LogP contribution in [0, 0.1) is 0 Å². The number of thioether (sulfide) groups is 4. The van der Waals surface area contributed by atoms with Crippen molar-refractivity contribution in [2.24, 2.45) is 0 Å². The zero-order chi connectivity index (χ0) is 16.1. The van der Waals surface area contributed by atoms with E-state index < -0.39 is 5.60 Å². The molecule has 0 heterocycles. The molecule has 0 aromatic carbocycles. The van der Waals surface area contributed by atoms with E-state index in [1.807, 2.05) is 0 Å². The molecule has 0 aromatic rings. The summed E-state index contributed by atoms with van der Waals surface area (Å²) in [5.74, 6) is 0. The average Bonchev–Trinajstić information content (AvgIpc) is 2.48. The van der Waals surface area contributed by atoms with Crippen molar-refractivity contribution in [2.45, 2.75) is 73.1 Å². The van der Waals surface area contributed by atoms with Gasteiger partial charge in [0.05, 0.1) is 9.16 Å². The highest BCUT2D eigenvalue weighted by molar-refractivity contribution is 8.18. The third-order valence-corrected chi connectivity index (χ3v) is 9.51. The number of unbranched alkanes of at least 4 members (excludes halogenated alkanes) is 6. The minimum atomic E-state index is -0.568. The molecule has 0 unspecified atom stereocenters. The zero-order valence-corrected chi connectivity index (χ0v) is 17.7. The second kappa shape index (κ2) is 13.8. The van der Waals surface area contributed by atoms with Gasteiger partial charge in [0.25, 0.3) is 0 Å². The highest BCUT2D eigenvalue weighted by Gasteiger charge is 2.42. The van der Waals surface area contributed by atoms with Crippen LogP contribution in [-0.4, -0.2) is 44.9 Å². The van der Waals surface area contributed by atoms with Crippen LogP contribution in [0.2, 0.25) is 0 Å². The SMILES string of the molecule is CCCCCCCCCC(O)(C(SC)SC)C(SC)SC. The fourth-order valence-electron chi connectivity index (χ4n) is 2.72. The van der Waals surface area contributed by atoms with Gasteiger partial charge in [-0.3, -0.25) is 0 Å². The Morgan fingerprint density at radius 1 is 0.714 bits per heavy atom. The van der Waals surface area contributed by atoms with Crippen molar-refractivity contribution in [3.05, 3.63) is 0 Å². The van der Waals surface area contributed by atoms with Crippen molar-refractivity contribution >= 4 is 47.0 Å². The largest absolute Gasteiger partial charge is 0.386 e.